The zero-order valence-electron chi connectivity index (χ0n) is 14.7. The standard InChI is InChI=1S/C17H17N9O2/c27-17-10-4-3-9(5-12(10)23-25-17)20-15-14(26-28)16(19-7-18-15)21-13-6-11(22-24-13)8-1-2-8/h3-5,7-8,11,22H,1-2,6H2,(H2,23,25,27)(H2,18,19,20,21,24). The van der Waals surface area contributed by atoms with Crippen LogP contribution in [0.25, 0.3) is 10.9 Å². The van der Waals surface area contributed by atoms with Crippen LogP contribution in [0.3, 0.4) is 0 Å². The second-order valence-corrected chi connectivity index (χ2v) is 6.93. The lowest BCUT2D eigenvalue weighted by molar-refractivity contribution is 0.504. The maximum absolute atomic E-state index is 11.6. The number of anilines is 2. The van der Waals surface area contributed by atoms with Gasteiger partial charge in [0.05, 0.1) is 10.9 Å². The molecule has 2 aromatic heterocycles. The average Bonchev–Trinajstić information content (AvgIpc) is 3.35. The molecule has 0 spiro atoms. The second-order valence-electron chi connectivity index (χ2n) is 6.93. The van der Waals surface area contributed by atoms with Crippen LogP contribution in [0.2, 0.25) is 0 Å². The third kappa shape index (κ3) is 3.01. The van der Waals surface area contributed by atoms with Gasteiger partial charge in [-0.05, 0) is 42.1 Å². The Morgan fingerprint density at radius 2 is 2.07 bits per heavy atom. The summed E-state index contributed by atoms with van der Waals surface area (Å²) in [4.78, 5) is 35.8. The smallest absolute Gasteiger partial charge is 0.271 e. The molecule has 1 saturated carbocycles. The van der Waals surface area contributed by atoms with E-state index >= 15 is 0 Å². The van der Waals surface area contributed by atoms with Gasteiger partial charge in [-0.1, -0.05) is 0 Å². The zero-order chi connectivity index (χ0) is 19.1. The molecule has 1 aliphatic heterocycles. The lowest BCUT2D eigenvalue weighted by atomic mass is 10.1. The number of nitrogens with one attached hydrogen (secondary N) is 5. The molecule has 2 aliphatic rings. The molecule has 28 heavy (non-hydrogen) atoms. The third-order valence-electron chi connectivity index (χ3n) is 4.98. The van der Waals surface area contributed by atoms with Crippen LogP contribution in [-0.4, -0.2) is 32.0 Å². The first-order chi connectivity index (χ1) is 13.7. The number of aromatic nitrogens is 4. The van der Waals surface area contributed by atoms with Crippen LogP contribution in [0.1, 0.15) is 19.3 Å². The number of benzene rings is 1. The predicted octanol–water partition coefficient (Wildman–Crippen LogP) is 2.09. The number of amidine groups is 1. The van der Waals surface area contributed by atoms with Gasteiger partial charge in [0.15, 0.2) is 17.3 Å². The van der Waals surface area contributed by atoms with Crippen molar-refractivity contribution in [1.82, 2.24) is 31.0 Å². The average molecular weight is 379 g/mol. The van der Waals surface area contributed by atoms with E-state index < -0.39 is 0 Å². The molecule has 142 valence electrons. The number of aromatic amines is 2. The van der Waals surface area contributed by atoms with Gasteiger partial charge in [0.2, 0.25) is 0 Å². The lowest BCUT2D eigenvalue weighted by Gasteiger charge is -2.08. The first-order valence-electron chi connectivity index (χ1n) is 8.96. The highest BCUT2D eigenvalue weighted by molar-refractivity contribution is 5.89. The zero-order valence-corrected chi connectivity index (χ0v) is 14.7. The molecule has 0 bridgehead atoms. The minimum atomic E-state index is -0.195. The van der Waals surface area contributed by atoms with Gasteiger partial charge >= 0.3 is 0 Å². The molecule has 5 N–H and O–H groups in total. The number of hydrogen-bond donors (Lipinski definition) is 5. The topological polar surface area (TPSA) is 152 Å². The highest BCUT2D eigenvalue weighted by atomic mass is 16.3. The van der Waals surface area contributed by atoms with Crippen LogP contribution >= 0.6 is 0 Å². The van der Waals surface area contributed by atoms with Crippen LogP contribution in [-0.2, 0) is 0 Å². The summed E-state index contributed by atoms with van der Waals surface area (Å²) in [6, 6.07) is 5.49. The van der Waals surface area contributed by atoms with Crippen molar-refractivity contribution >= 4 is 39.7 Å². The number of aliphatic imine (C=N–C) groups is 1. The van der Waals surface area contributed by atoms with Crippen molar-refractivity contribution in [3.8, 4) is 0 Å². The van der Waals surface area contributed by atoms with E-state index in [2.05, 4.69) is 46.5 Å². The maximum Gasteiger partial charge on any atom is 0.271 e. The highest BCUT2D eigenvalue weighted by Crippen LogP contribution is 2.37. The van der Waals surface area contributed by atoms with Gasteiger partial charge in [0.1, 0.15) is 12.2 Å². The Hall–Kier alpha value is -3.60. The summed E-state index contributed by atoms with van der Waals surface area (Å²) in [5, 5.41) is 12.0. The van der Waals surface area contributed by atoms with Gasteiger partial charge in [-0.25, -0.2) is 20.4 Å². The molecule has 1 aromatic carbocycles. The Labute approximate surface area is 158 Å². The van der Waals surface area contributed by atoms with Crippen molar-refractivity contribution in [2.75, 3.05) is 5.32 Å². The molecule has 1 aliphatic carbocycles. The molecule has 0 radical (unpaired) electrons. The fourth-order valence-electron chi connectivity index (χ4n) is 3.35. The summed E-state index contributed by atoms with van der Waals surface area (Å²) in [7, 11) is 0. The van der Waals surface area contributed by atoms with Crippen molar-refractivity contribution in [2.24, 2.45) is 16.1 Å². The Morgan fingerprint density at radius 1 is 1.18 bits per heavy atom. The molecule has 5 rings (SSSR count). The summed E-state index contributed by atoms with van der Waals surface area (Å²) in [5.41, 5.74) is 7.38. The van der Waals surface area contributed by atoms with Crippen molar-refractivity contribution in [1.29, 1.82) is 0 Å². The number of nitroso groups, excluding NO2 is 1. The Kier molecular flexibility index (Phi) is 3.86. The van der Waals surface area contributed by atoms with Crippen LogP contribution in [0.5, 0.6) is 0 Å². The quantitative estimate of drug-likeness (QED) is 0.426. The molecule has 2 fully saturated rings. The first kappa shape index (κ1) is 16.6. The van der Waals surface area contributed by atoms with Crippen LogP contribution in [0, 0.1) is 10.8 Å². The summed E-state index contributed by atoms with van der Waals surface area (Å²) >= 11 is 0. The summed E-state index contributed by atoms with van der Waals surface area (Å²) < 4.78 is 0. The molecule has 1 unspecified atom stereocenters. The number of nitrogens with zero attached hydrogens (tertiary/aromatic N) is 4. The summed E-state index contributed by atoms with van der Waals surface area (Å²) in [5.74, 6) is 1.84. The van der Waals surface area contributed by atoms with E-state index in [4.69, 9.17) is 0 Å². The molecule has 3 aromatic rings. The second kappa shape index (κ2) is 6.53. The minimum absolute atomic E-state index is 0.0225. The molecule has 1 atom stereocenters. The minimum Gasteiger partial charge on any atom is -0.338 e. The number of rotatable bonds is 5. The van der Waals surface area contributed by atoms with Crippen molar-refractivity contribution in [3.63, 3.8) is 0 Å². The Morgan fingerprint density at radius 3 is 2.89 bits per heavy atom. The molecule has 11 heteroatoms. The van der Waals surface area contributed by atoms with E-state index in [-0.39, 0.29) is 22.9 Å². The van der Waals surface area contributed by atoms with Crippen LogP contribution < -0.4 is 21.7 Å². The number of H-pyrrole nitrogens is 2. The fraction of sp³-hybridized carbons (Fsp3) is 0.294. The van der Waals surface area contributed by atoms with Crippen LogP contribution in [0.4, 0.5) is 23.0 Å². The largest absolute Gasteiger partial charge is 0.338 e. The monoisotopic (exact) mass is 379 g/mol. The first-order valence-corrected chi connectivity index (χ1v) is 8.96. The predicted molar refractivity (Wildman–Crippen MR) is 104 cm³/mol. The Bertz CT molecular complexity index is 1140. The van der Waals surface area contributed by atoms with Gasteiger partial charge in [0, 0.05) is 18.2 Å². The van der Waals surface area contributed by atoms with E-state index in [0.717, 1.165) is 12.3 Å². The molecular weight excluding hydrogens is 362 g/mol. The molecule has 0 amide bonds. The van der Waals surface area contributed by atoms with E-state index in [1.807, 2.05) is 0 Å². The van der Waals surface area contributed by atoms with Crippen molar-refractivity contribution in [2.45, 2.75) is 25.3 Å². The third-order valence-corrected chi connectivity index (χ3v) is 4.98. The maximum atomic E-state index is 11.6. The molecule has 1 saturated heterocycles. The molecule has 3 heterocycles. The number of fused-ring (bicyclic) bond motifs is 1. The lowest BCUT2D eigenvalue weighted by Crippen LogP contribution is -2.32. The van der Waals surface area contributed by atoms with Gasteiger partial charge in [-0.15, -0.1) is 4.91 Å². The van der Waals surface area contributed by atoms with E-state index in [0.29, 0.717) is 28.6 Å². The van der Waals surface area contributed by atoms with E-state index in [1.54, 1.807) is 18.2 Å². The van der Waals surface area contributed by atoms with Gasteiger partial charge < -0.3 is 10.7 Å². The van der Waals surface area contributed by atoms with Gasteiger partial charge in [-0.3, -0.25) is 15.0 Å². The number of hydrazine groups is 1. The van der Waals surface area contributed by atoms with Gasteiger partial charge in [0.25, 0.3) is 5.56 Å². The molecular formula is C17H17N9O2. The molecule has 11 nitrogen and oxygen atoms in total. The number of hydrogen-bond acceptors (Lipinski definition) is 8. The normalized spacial score (nSPS) is 20.4. The van der Waals surface area contributed by atoms with E-state index in [1.165, 1.54) is 19.2 Å². The van der Waals surface area contributed by atoms with Crippen molar-refractivity contribution < 1.29 is 0 Å². The van der Waals surface area contributed by atoms with E-state index in [9.17, 15) is 9.70 Å². The van der Waals surface area contributed by atoms with Crippen LogP contribution in [0.15, 0.2) is 39.5 Å². The van der Waals surface area contributed by atoms with Crippen molar-refractivity contribution in [3.05, 3.63) is 39.8 Å². The summed E-state index contributed by atoms with van der Waals surface area (Å²) in [6.07, 6.45) is 4.54. The SMILES string of the molecule is O=Nc1c(N=C2CC(C3CC3)NN2)ncnc1Nc1ccc2c(=O)[nH][nH]c2c1. The fourth-order valence-corrected chi connectivity index (χ4v) is 3.35. The Balaban J connectivity index is 1.43. The van der Waals surface area contributed by atoms with Gasteiger partial charge in [-0.2, -0.15) is 0 Å². The highest BCUT2D eigenvalue weighted by Gasteiger charge is 2.35. The summed E-state index contributed by atoms with van der Waals surface area (Å²) in [6.45, 7) is 0.